The number of rotatable bonds is 8. The lowest BCUT2D eigenvalue weighted by atomic mass is 10.0. The predicted octanol–water partition coefficient (Wildman–Crippen LogP) is 3.72. The van der Waals surface area contributed by atoms with Crippen molar-refractivity contribution in [2.45, 2.75) is 46.7 Å². The van der Waals surface area contributed by atoms with Crippen LogP contribution in [0.3, 0.4) is 0 Å². The third kappa shape index (κ3) is 5.03. The van der Waals surface area contributed by atoms with E-state index < -0.39 is 0 Å². The average molecular weight is 413 g/mol. The number of anilines is 1. The summed E-state index contributed by atoms with van der Waals surface area (Å²) in [5, 5.41) is 7.13. The third-order valence-corrected chi connectivity index (χ3v) is 6.30. The molecule has 1 unspecified atom stereocenters. The van der Waals surface area contributed by atoms with Gasteiger partial charge in [-0.05, 0) is 37.5 Å². The molecular formula is C22H28N4O2S. The number of para-hydroxylation sites is 1. The second kappa shape index (κ2) is 9.22. The van der Waals surface area contributed by atoms with E-state index in [9.17, 15) is 9.59 Å². The van der Waals surface area contributed by atoms with E-state index in [1.54, 1.807) is 6.33 Å². The second-order valence-electron chi connectivity index (χ2n) is 7.62. The summed E-state index contributed by atoms with van der Waals surface area (Å²) in [6, 6.07) is 10.1. The Hall–Kier alpha value is -2.67. The van der Waals surface area contributed by atoms with Gasteiger partial charge in [0.25, 0.3) is 5.56 Å². The average Bonchev–Trinajstić information content (AvgIpc) is 2.99. The molecule has 0 aliphatic carbocycles. The van der Waals surface area contributed by atoms with E-state index in [-0.39, 0.29) is 23.9 Å². The Morgan fingerprint density at radius 2 is 1.93 bits per heavy atom. The van der Waals surface area contributed by atoms with Crippen LogP contribution in [0.25, 0.3) is 10.2 Å². The lowest BCUT2D eigenvalue weighted by Crippen LogP contribution is -2.40. The summed E-state index contributed by atoms with van der Waals surface area (Å²) in [6.07, 6.45) is 1.78. The van der Waals surface area contributed by atoms with E-state index >= 15 is 0 Å². The molecule has 0 radical (unpaired) electrons. The molecule has 3 rings (SSSR count). The first-order valence-electron chi connectivity index (χ1n) is 9.90. The van der Waals surface area contributed by atoms with Gasteiger partial charge in [0.05, 0.1) is 11.7 Å². The minimum Gasteiger partial charge on any atom is -0.380 e. The van der Waals surface area contributed by atoms with Crippen molar-refractivity contribution in [1.29, 1.82) is 0 Å². The number of thiophene rings is 1. The molecule has 0 fully saturated rings. The smallest absolute Gasteiger partial charge is 0.262 e. The zero-order chi connectivity index (χ0) is 21.0. The van der Waals surface area contributed by atoms with Gasteiger partial charge in [-0.2, -0.15) is 0 Å². The summed E-state index contributed by atoms with van der Waals surface area (Å²) < 4.78 is 1.53. The van der Waals surface area contributed by atoms with Crippen LogP contribution in [-0.2, 0) is 11.3 Å². The van der Waals surface area contributed by atoms with E-state index in [1.807, 2.05) is 44.2 Å². The number of carbonyl (C=O) groups is 1. The number of hydrogen-bond acceptors (Lipinski definition) is 5. The van der Waals surface area contributed by atoms with Gasteiger partial charge in [-0.3, -0.25) is 14.2 Å². The first kappa shape index (κ1) is 21.0. The highest BCUT2D eigenvalue weighted by atomic mass is 32.1. The summed E-state index contributed by atoms with van der Waals surface area (Å²) in [6.45, 7) is 9.03. The van der Waals surface area contributed by atoms with Gasteiger partial charge in [0.2, 0.25) is 5.91 Å². The van der Waals surface area contributed by atoms with Crippen molar-refractivity contribution >= 4 is 33.1 Å². The third-order valence-electron chi connectivity index (χ3n) is 5.19. The van der Waals surface area contributed by atoms with E-state index in [1.165, 1.54) is 15.9 Å². The Bertz CT molecular complexity index is 1040. The Kier molecular flexibility index (Phi) is 6.69. The zero-order valence-electron chi connectivity index (χ0n) is 17.4. The first-order chi connectivity index (χ1) is 13.9. The van der Waals surface area contributed by atoms with Crippen molar-refractivity contribution in [2.24, 2.45) is 5.92 Å². The maximum absolute atomic E-state index is 12.7. The van der Waals surface area contributed by atoms with Gasteiger partial charge in [0, 0.05) is 36.1 Å². The molecule has 1 amide bonds. The van der Waals surface area contributed by atoms with Crippen LogP contribution in [0.2, 0.25) is 0 Å². The minimum atomic E-state index is -0.0737. The van der Waals surface area contributed by atoms with Crippen molar-refractivity contribution in [3.05, 3.63) is 57.5 Å². The molecule has 0 saturated carbocycles. The Labute approximate surface area is 175 Å². The molecule has 2 heterocycles. The predicted molar refractivity (Wildman–Crippen MR) is 120 cm³/mol. The molecule has 2 N–H and O–H groups in total. The Morgan fingerprint density at radius 3 is 2.62 bits per heavy atom. The van der Waals surface area contributed by atoms with Crippen molar-refractivity contribution in [2.75, 3.05) is 11.9 Å². The highest BCUT2D eigenvalue weighted by Crippen LogP contribution is 2.25. The van der Waals surface area contributed by atoms with Crippen LogP contribution in [0.4, 0.5) is 5.69 Å². The lowest BCUT2D eigenvalue weighted by Gasteiger charge is -2.24. The quantitative estimate of drug-likeness (QED) is 0.591. The molecule has 1 aromatic carbocycles. The summed E-state index contributed by atoms with van der Waals surface area (Å²) >= 11 is 1.53. The summed E-state index contributed by atoms with van der Waals surface area (Å²) in [7, 11) is 0. The second-order valence-corrected chi connectivity index (χ2v) is 8.82. The van der Waals surface area contributed by atoms with Crippen LogP contribution in [0, 0.1) is 19.8 Å². The fraction of sp³-hybridized carbons (Fsp3) is 0.409. The maximum atomic E-state index is 12.7. The summed E-state index contributed by atoms with van der Waals surface area (Å²) in [5.74, 6) is 0.283. The van der Waals surface area contributed by atoms with Crippen molar-refractivity contribution in [3.8, 4) is 0 Å². The molecule has 0 aliphatic heterocycles. The van der Waals surface area contributed by atoms with Gasteiger partial charge in [-0.25, -0.2) is 4.98 Å². The molecule has 0 saturated heterocycles. The summed E-state index contributed by atoms with van der Waals surface area (Å²) in [4.78, 5) is 31.3. The molecular weight excluding hydrogens is 384 g/mol. The summed E-state index contributed by atoms with van der Waals surface area (Å²) in [5.41, 5.74) is 1.94. The lowest BCUT2D eigenvalue weighted by molar-refractivity contribution is -0.121. The SMILES string of the molecule is Cc1sc2ncn(CCC(=O)NCC(Nc3ccccc3)C(C)C)c(=O)c2c1C. The standard InChI is InChI=1S/C22H28N4O2S/c1-14(2)18(25-17-8-6-5-7-9-17)12-23-19(27)10-11-26-13-24-21-20(22(26)28)15(3)16(4)29-21/h5-9,13-14,18,25H,10-12H2,1-4H3,(H,23,27). The molecule has 7 heteroatoms. The molecule has 2 aromatic heterocycles. The topological polar surface area (TPSA) is 76.0 Å². The monoisotopic (exact) mass is 412 g/mol. The molecule has 0 bridgehead atoms. The van der Waals surface area contributed by atoms with Gasteiger partial charge in [-0.15, -0.1) is 11.3 Å². The number of nitrogens with one attached hydrogen (secondary N) is 2. The number of fused-ring (bicyclic) bond motifs is 1. The number of benzene rings is 1. The fourth-order valence-corrected chi connectivity index (χ4v) is 4.15. The van der Waals surface area contributed by atoms with Crippen LogP contribution in [0.15, 0.2) is 41.5 Å². The fourth-order valence-electron chi connectivity index (χ4n) is 3.17. The normalized spacial score (nSPS) is 12.3. The Morgan fingerprint density at radius 1 is 1.21 bits per heavy atom. The molecule has 3 aromatic rings. The minimum absolute atomic E-state index is 0.0734. The van der Waals surface area contributed by atoms with Crippen molar-refractivity contribution in [3.63, 3.8) is 0 Å². The van der Waals surface area contributed by atoms with Gasteiger partial charge < -0.3 is 10.6 Å². The van der Waals surface area contributed by atoms with Crippen molar-refractivity contribution < 1.29 is 4.79 Å². The van der Waals surface area contributed by atoms with E-state index in [4.69, 9.17) is 0 Å². The largest absolute Gasteiger partial charge is 0.380 e. The zero-order valence-corrected chi connectivity index (χ0v) is 18.2. The first-order valence-corrected chi connectivity index (χ1v) is 10.7. The maximum Gasteiger partial charge on any atom is 0.262 e. The van der Waals surface area contributed by atoms with Gasteiger partial charge in [0.15, 0.2) is 0 Å². The number of aryl methyl sites for hydroxylation is 3. The van der Waals surface area contributed by atoms with E-state index in [0.29, 0.717) is 24.4 Å². The van der Waals surface area contributed by atoms with Gasteiger partial charge >= 0.3 is 0 Å². The molecule has 1 atom stereocenters. The highest BCUT2D eigenvalue weighted by Gasteiger charge is 2.16. The van der Waals surface area contributed by atoms with E-state index in [2.05, 4.69) is 29.5 Å². The molecule has 29 heavy (non-hydrogen) atoms. The number of carbonyl (C=O) groups excluding carboxylic acids is 1. The van der Waals surface area contributed by atoms with Crippen LogP contribution < -0.4 is 16.2 Å². The number of nitrogens with zero attached hydrogens (tertiary/aromatic N) is 2. The molecule has 6 nitrogen and oxygen atoms in total. The molecule has 0 aliphatic rings. The molecule has 154 valence electrons. The van der Waals surface area contributed by atoms with Crippen LogP contribution >= 0.6 is 11.3 Å². The van der Waals surface area contributed by atoms with Gasteiger partial charge in [0.1, 0.15) is 4.83 Å². The van der Waals surface area contributed by atoms with Crippen LogP contribution in [-0.4, -0.2) is 28.0 Å². The number of aromatic nitrogens is 2. The van der Waals surface area contributed by atoms with E-state index in [0.717, 1.165) is 21.0 Å². The van der Waals surface area contributed by atoms with Crippen molar-refractivity contribution in [1.82, 2.24) is 14.9 Å². The van der Waals surface area contributed by atoms with Crippen LogP contribution in [0.5, 0.6) is 0 Å². The van der Waals surface area contributed by atoms with Gasteiger partial charge in [-0.1, -0.05) is 32.0 Å². The number of amides is 1. The highest BCUT2D eigenvalue weighted by molar-refractivity contribution is 7.18. The number of hydrogen-bond donors (Lipinski definition) is 2. The molecule has 0 spiro atoms. The Balaban J connectivity index is 1.58. The van der Waals surface area contributed by atoms with Crippen LogP contribution in [0.1, 0.15) is 30.7 Å².